The van der Waals surface area contributed by atoms with Gasteiger partial charge in [-0.15, -0.1) is 0 Å². The van der Waals surface area contributed by atoms with Crippen LogP contribution in [0.15, 0.2) is 22.9 Å². The number of esters is 1. The third-order valence-electron chi connectivity index (χ3n) is 2.34. The Labute approximate surface area is 103 Å². The van der Waals surface area contributed by atoms with Crippen LogP contribution in [0, 0.1) is 6.92 Å². The predicted molar refractivity (Wildman–Crippen MR) is 61.2 cm³/mol. The number of nitrogens with zero attached hydrogens (tertiary/aromatic N) is 1. The first-order chi connectivity index (χ1) is 8.56. The van der Waals surface area contributed by atoms with Gasteiger partial charge in [0.25, 0.3) is 0 Å². The Kier molecular flexibility index (Phi) is 3.27. The van der Waals surface area contributed by atoms with E-state index in [-0.39, 0.29) is 18.1 Å². The Morgan fingerprint density at radius 3 is 2.78 bits per heavy atom. The number of H-pyrrole nitrogens is 1. The van der Waals surface area contributed by atoms with Crippen LogP contribution in [0.2, 0.25) is 0 Å². The quantitative estimate of drug-likeness (QED) is 0.659. The van der Waals surface area contributed by atoms with E-state index in [1.54, 1.807) is 13.0 Å². The van der Waals surface area contributed by atoms with Crippen molar-refractivity contribution in [3.05, 3.63) is 41.0 Å². The van der Waals surface area contributed by atoms with Crippen LogP contribution in [-0.2, 0) is 11.3 Å². The minimum Gasteiger partial charge on any atom is -0.454 e. The summed E-state index contributed by atoms with van der Waals surface area (Å²) in [5.74, 6) is 0.000340. The highest BCUT2D eigenvalue weighted by atomic mass is 16.5. The van der Waals surface area contributed by atoms with Crippen molar-refractivity contribution in [1.82, 2.24) is 10.1 Å². The normalized spacial score (nSPS) is 10.3. The molecule has 0 radical (unpaired) electrons. The number of hydrogen-bond donors (Lipinski definition) is 1. The van der Waals surface area contributed by atoms with Gasteiger partial charge in [-0.2, -0.15) is 0 Å². The number of aromatic amines is 1. The molecular weight excluding hydrogens is 236 g/mol. The lowest BCUT2D eigenvalue weighted by atomic mass is 10.2. The van der Waals surface area contributed by atoms with E-state index in [4.69, 9.17) is 9.26 Å². The summed E-state index contributed by atoms with van der Waals surface area (Å²) in [6.45, 7) is 3.21. The molecule has 0 aliphatic heterocycles. The minimum atomic E-state index is -0.539. The topological polar surface area (TPSA) is 85.2 Å². The number of hydrogen-bond acceptors (Lipinski definition) is 5. The summed E-state index contributed by atoms with van der Waals surface area (Å²) < 4.78 is 9.86. The summed E-state index contributed by atoms with van der Waals surface area (Å²) in [5, 5.41) is 3.70. The number of Topliss-reactive ketones (excluding diaryl/α,β-unsaturated/α-hetero) is 1. The van der Waals surface area contributed by atoms with E-state index in [0.717, 1.165) is 0 Å². The smallest absolute Gasteiger partial charge is 0.355 e. The molecule has 0 fully saturated rings. The SMILES string of the molecule is CC(=O)c1c[nH]c(C(=O)OCc2cc(C)on2)c1. The molecule has 0 amide bonds. The van der Waals surface area contributed by atoms with Crippen molar-refractivity contribution in [1.29, 1.82) is 0 Å². The van der Waals surface area contributed by atoms with Gasteiger partial charge in [-0.25, -0.2) is 4.79 Å². The largest absolute Gasteiger partial charge is 0.454 e. The van der Waals surface area contributed by atoms with E-state index in [1.165, 1.54) is 19.2 Å². The molecule has 6 nitrogen and oxygen atoms in total. The number of aromatic nitrogens is 2. The molecule has 2 aromatic heterocycles. The second-order valence-corrected chi connectivity index (χ2v) is 3.86. The molecule has 0 atom stereocenters. The van der Waals surface area contributed by atoms with Gasteiger partial charge in [-0.05, 0) is 19.9 Å². The molecule has 0 aliphatic carbocycles. The summed E-state index contributed by atoms with van der Waals surface area (Å²) in [5.41, 5.74) is 1.22. The molecule has 0 saturated heterocycles. The molecule has 2 aromatic rings. The number of aryl methyl sites for hydroxylation is 1. The van der Waals surface area contributed by atoms with Crippen LogP contribution in [0.25, 0.3) is 0 Å². The maximum absolute atomic E-state index is 11.6. The fourth-order valence-corrected chi connectivity index (χ4v) is 1.42. The van der Waals surface area contributed by atoms with Gasteiger partial charge in [0.2, 0.25) is 0 Å². The molecule has 0 aromatic carbocycles. The average molecular weight is 248 g/mol. The molecule has 6 heteroatoms. The van der Waals surface area contributed by atoms with Gasteiger partial charge < -0.3 is 14.2 Å². The molecule has 0 saturated carbocycles. The van der Waals surface area contributed by atoms with Crippen LogP contribution in [0.1, 0.15) is 39.2 Å². The van der Waals surface area contributed by atoms with Crippen molar-refractivity contribution in [2.24, 2.45) is 0 Å². The second-order valence-electron chi connectivity index (χ2n) is 3.86. The zero-order valence-corrected chi connectivity index (χ0v) is 10.0. The Morgan fingerprint density at radius 1 is 1.44 bits per heavy atom. The first-order valence-electron chi connectivity index (χ1n) is 5.35. The van der Waals surface area contributed by atoms with Gasteiger partial charge in [-0.1, -0.05) is 5.16 Å². The van der Waals surface area contributed by atoms with E-state index < -0.39 is 5.97 Å². The number of carbonyl (C=O) groups is 2. The highest BCUT2D eigenvalue weighted by Crippen LogP contribution is 2.08. The third-order valence-corrected chi connectivity index (χ3v) is 2.34. The van der Waals surface area contributed by atoms with E-state index in [9.17, 15) is 9.59 Å². The first-order valence-corrected chi connectivity index (χ1v) is 5.35. The van der Waals surface area contributed by atoms with Gasteiger partial charge in [-0.3, -0.25) is 4.79 Å². The molecule has 2 heterocycles. The van der Waals surface area contributed by atoms with E-state index in [1.807, 2.05) is 0 Å². The molecule has 2 rings (SSSR count). The van der Waals surface area contributed by atoms with Gasteiger partial charge in [0.1, 0.15) is 23.8 Å². The lowest BCUT2D eigenvalue weighted by Crippen LogP contribution is -2.05. The summed E-state index contributed by atoms with van der Waals surface area (Å²) in [7, 11) is 0. The maximum Gasteiger partial charge on any atom is 0.355 e. The number of carbonyl (C=O) groups excluding carboxylic acids is 2. The van der Waals surface area contributed by atoms with Gasteiger partial charge in [0.15, 0.2) is 5.78 Å². The van der Waals surface area contributed by atoms with Gasteiger partial charge in [0, 0.05) is 17.8 Å². The van der Waals surface area contributed by atoms with Crippen LogP contribution in [0.3, 0.4) is 0 Å². The third kappa shape index (κ3) is 2.65. The van der Waals surface area contributed by atoms with Crippen LogP contribution in [-0.4, -0.2) is 21.9 Å². The van der Waals surface area contributed by atoms with Gasteiger partial charge in [0.05, 0.1) is 0 Å². The number of ether oxygens (including phenoxy) is 1. The maximum atomic E-state index is 11.6. The van der Waals surface area contributed by atoms with E-state index >= 15 is 0 Å². The van der Waals surface area contributed by atoms with Crippen molar-refractivity contribution in [2.45, 2.75) is 20.5 Å². The molecule has 18 heavy (non-hydrogen) atoms. The lowest BCUT2D eigenvalue weighted by Gasteiger charge is -1.99. The monoisotopic (exact) mass is 248 g/mol. The number of ketones is 1. The molecular formula is C12H12N2O4. The van der Waals surface area contributed by atoms with E-state index in [2.05, 4.69) is 10.1 Å². The van der Waals surface area contributed by atoms with Crippen molar-refractivity contribution in [3.8, 4) is 0 Å². The Balaban J connectivity index is 1.97. The minimum absolute atomic E-state index is 0.0323. The van der Waals surface area contributed by atoms with Crippen LogP contribution in [0.4, 0.5) is 0 Å². The van der Waals surface area contributed by atoms with E-state index in [0.29, 0.717) is 17.0 Å². The highest BCUT2D eigenvalue weighted by molar-refractivity contribution is 5.97. The van der Waals surface area contributed by atoms with Crippen molar-refractivity contribution < 1.29 is 18.8 Å². The molecule has 0 aliphatic rings. The zero-order valence-electron chi connectivity index (χ0n) is 10.0. The summed E-state index contributed by atoms with van der Waals surface area (Å²) in [6, 6.07) is 3.14. The molecule has 0 unspecified atom stereocenters. The predicted octanol–water partition coefficient (Wildman–Crippen LogP) is 1.87. The first kappa shape index (κ1) is 12.1. The Bertz CT molecular complexity index is 582. The fraction of sp³-hybridized carbons (Fsp3) is 0.250. The summed E-state index contributed by atoms with van der Waals surface area (Å²) in [6.07, 6.45) is 1.47. The number of nitrogens with one attached hydrogen (secondary N) is 1. The van der Waals surface area contributed by atoms with Crippen LogP contribution < -0.4 is 0 Å². The second kappa shape index (κ2) is 4.87. The fourth-order valence-electron chi connectivity index (χ4n) is 1.42. The van der Waals surface area contributed by atoms with Crippen LogP contribution in [0.5, 0.6) is 0 Å². The summed E-state index contributed by atoms with van der Waals surface area (Å²) >= 11 is 0. The average Bonchev–Trinajstić information content (AvgIpc) is 2.94. The molecule has 0 bridgehead atoms. The standard InChI is InChI=1S/C12H12N2O4/c1-7-3-10(14-18-7)6-17-12(16)11-4-9(5-13-11)8(2)15/h3-5,13H,6H2,1-2H3. The Hall–Kier alpha value is -2.37. The number of rotatable bonds is 4. The molecule has 1 N–H and O–H groups in total. The summed E-state index contributed by atoms with van der Waals surface area (Å²) in [4.78, 5) is 25.4. The molecule has 0 spiro atoms. The highest BCUT2D eigenvalue weighted by Gasteiger charge is 2.12. The van der Waals surface area contributed by atoms with Crippen LogP contribution >= 0.6 is 0 Å². The lowest BCUT2D eigenvalue weighted by molar-refractivity contribution is 0.0458. The van der Waals surface area contributed by atoms with Gasteiger partial charge >= 0.3 is 5.97 Å². The van der Waals surface area contributed by atoms with Crippen molar-refractivity contribution in [3.63, 3.8) is 0 Å². The van der Waals surface area contributed by atoms with Crippen molar-refractivity contribution >= 4 is 11.8 Å². The Morgan fingerprint density at radius 2 is 2.22 bits per heavy atom. The van der Waals surface area contributed by atoms with Crippen molar-refractivity contribution in [2.75, 3.05) is 0 Å². The molecule has 94 valence electrons. The zero-order chi connectivity index (χ0) is 13.1.